The second-order valence-electron chi connectivity index (χ2n) is 11.6. The molecule has 0 radical (unpaired) electrons. The van der Waals surface area contributed by atoms with E-state index in [4.69, 9.17) is 19.3 Å². The largest absolute Gasteiger partial charge is 0.377 e. The molecule has 1 N–H and O–H groups in total. The van der Waals surface area contributed by atoms with Crippen LogP contribution >= 0.6 is 11.3 Å². The number of pyridine rings is 1. The van der Waals surface area contributed by atoms with Gasteiger partial charge in [-0.3, -0.25) is 14.4 Å². The SMILES string of the molecule is CCOCc1cc(Cn2nc(-c3ccc(C)cc3)c3c(C)nc(C)cc32)ccc1-c1cc(C)sc1S(=O)(=O)Nc1noc(C)c1C. The zero-order chi connectivity index (χ0) is 32.7. The minimum absolute atomic E-state index is 0.191. The number of benzene rings is 2. The molecule has 0 saturated carbocycles. The Bertz CT molecular complexity index is 2180. The van der Waals surface area contributed by atoms with Crippen molar-refractivity contribution in [3.05, 3.63) is 98.9 Å². The zero-order valence-corrected chi connectivity index (χ0v) is 28.7. The minimum atomic E-state index is -3.95. The van der Waals surface area contributed by atoms with Crippen molar-refractivity contribution in [2.45, 2.75) is 65.8 Å². The molecule has 0 unspecified atom stereocenters. The molecule has 2 aromatic carbocycles. The number of thiophene rings is 1. The van der Waals surface area contributed by atoms with Crippen LogP contribution < -0.4 is 4.72 Å². The average Bonchev–Trinajstić information content (AvgIpc) is 3.68. The minimum Gasteiger partial charge on any atom is -0.377 e. The van der Waals surface area contributed by atoms with E-state index in [1.165, 1.54) is 16.9 Å². The van der Waals surface area contributed by atoms with Crippen LogP contribution in [0.1, 0.15) is 51.2 Å². The maximum atomic E-state index is 13.7. The van der Waals surface area contributed by atoms with Gasteiger partial charge in [-0.15, -0.1) is 11.3 Å². The lowest BCUT2D eigenvalue weighted by molar-refractivity contribution is 0.134. The molecule has 0 amide bonds. The van der Waals surface area contributed by atoms with Crippen molar-refractivity contribution in [2.24, 2.45) is 0 Å². The summed E-state index contributed by atoms with van der Waals surface area (Å²) in [7, 11) is -3.95. The molecule has 0 atom stereocenters. The first-order valence-electron chi connectivity index (χ1n) is 15.1. The Labute approximate surface area is 273 Å². The van der Waals surface area contributed by atoms with Crippen LogP contribution in [0, 0.1) is 41.5 Å². The first-order valence-corrected chi connectivity index (χ1v) is 17.4. The summed E-state index contributed by atoms with van der Waals surface area (Å²) in [6.07, 6.45) is 0. The van der Waals surface area contributed by atoms with E-state index < -0.39 is 10.0 Å². The predicted octanol–water partition coefficient (Wildman–Crippen LogP) is 8.05. The third kappa shape index (κ3) is 6.10. The fourth-order valence-corrected chi connectivity index (χ4v) is 8.34. The molecule has 9 nitrogen and oxygen atoms in total. The molecule has 0 bridgehead atoms. The van der Waals surface area contributed by atoms with E-state index in [2.05, 4.69) is 53.2 Å². The standard InChI is InChI=1S/C35H37N5O4S2/c1-8-43-19-28-17-26(18-40-31-15-21(3)36-24(6)32(31)33(37-40)27-12-9-20(2)10-13-27)11-14-29(28)30-16-22(4)45-35(30)46(41,42)39-34-23(5)25(7)44-38-34/h9-17H,8,18-19H2,1-7H3,(H,38,39). The van der Waals surface area contributed by atoms with E-state index in [1.807, 2.05) is 50.6 Å². The van der Waals surface area contributed by atoms with Gasteiger partial charge >= 0.3 is 0 Å². The molecule has 0 saturated heterocycles. The first kappa shape index (κ1) is 31.7. The van der Waals surface area contributed by atoms with Gasteiger partial charge in [0.05, 0.1) is 18.7 Å². The monoisotopic (exact) mass is 655 g/mol. The van der Waals surface area contributed by atoms with Crippen molar-refractivity contribution in [3.8, 4) is 22.4 Å². The van der Waals surface area contributed by atoms with Crippen LogP contribution in [0.3, 0.4) is 0 Å². The summed E-state index contributed by atoms with van der Waals surface area (Å²) in [5.74, 6) is 0.754. The number of aryl methyl sites for hydroxylation is 5. The van der Waals surface area contributed by atoms with E-state index in [0.717, 1.165) is 55.1 Å². The number of aromatic nitrogens is 4. The summed E-state index contributed by atoms with van der Waals surface area (Å²) in [5.41, 5.74) is 10.0. The Morgan fingerprint density at radius 3 is 2.41 bits per heavy atom. The number of anilines is 1. The van der Waals surface area contributed by atoms with Crippen molar-refractivity contribution in [1.29, 1.82) is 0 Å². The van der Waals surface area contributed by atoms with Gasteiger partial charge in [-0.05, 0) is 77.3 Å². The van der Waals surface area contributed by atoms with Gasteiger partial charge in [-0.25, -0.2) is 8.42 Å². The lowest BCUT2D eigenvalue weighted by Crippen LogP contribution is -2.13. The van der Waals surface area contributed by atoms with Gasteiger partial charge in [0.25, 0.3) is 10.0 Å². The molecule has 0 aliphatic carbocycles. The van der Waals surface area contributed by atoms with Gasteiger partial charge in [0.2, 0.25) is 0 Å². The number of sulfonamides is 1. The molecule has 0 aliphatic rings. The molecule has 0 spiro atoms. The molecule has 6 rings (SSSR count). The lowest BCUT2D eigenvalue weighted by Gasteiger charge is -2.14. The van der Waals surface area contributed by atoms with Gasteiger partial charge in [-0.1, -0.05) is 53.2 Å². The van der Waals surface area contributed by atoms with Crippen LogP contribution in [0.5, 0.6) is 0 Å². The Morgan fingerprint density at radius 1 is 0.957 bits per heavy atom. The van der Waals surface area contributed by atoms with Crippen LogP contribution in [0.4, 0.5) is 5.82 Å². The lowest BCUT2D eigenvalue weighted by atomic mass is 9.99. The number of hydrogen-bond donors (Lipinski definition) is 1. The normalized spacial score (nSPS) is 11.9. The molecule has 0 aliphatic heterocycles. The van der Waals surface area contributed by atoms with Crippen LogP contribution in [0.15, 0.2) is 63.3 Å². The van der Waals surface area contributed by atoms with Crippen molar-refractivity contribution >= 4 is 38.1 Å². The highest BCUT2D eigenvalue weighted by molar-refractivity contribution is 7.94. The average molecular weight is 656 g/mol. The van der Waals surface area contributed by atoms with Crippen LogP contribution in [-0.4, -0.2) is 34.9 Å². The van der Waals surface area contributed by atoms with Crippen LogP contribution in [0.25, 0.3) is 33.3 Å². The zero-order valence-electron chi connectivity index (χ0n) is 27.1. The fraction of sp³-hybridized carbons (Fsp3) is 0.286. The second kappa shape index (κ2) is 12.5. The van der Waals surface area contributed by atoms with Gasteiger partial charge in [0, 0.05) is 44.9 Å². The quantitative estimate of drug-likeness (QED) is 0.159. The van der Waals surface area contributed by atoms with Crippen molar-refractivity contribution in [2.75, 3.05) is 11.3 Å². The highest BCUT2D eigenvalue weighted by Crippen LogP contribution is 2.39. The molecular formula is C35H37N5O4S2. The molecule has 11 heteroatoms. The highest BCUT2D eigenvalue weighted by atomic mass is 32.2. The number of ether oxygens (including phenoxy) is 1. The summed E-state index contributed by atoms with van der Waals surface area (Å²) in [6.45, 7) is 14.9. The second-order valence-corrected chi connectivity index (χ2v) is 14.8. The van der Waals surface area contributed by atoms with Gasteiger partial charge in [0.15, 0.2) is 5.82 Å². The van der Waals surface area contributed by atoms with Crippen molar-refractivity contribution in [1.82, 2.24) is 19.9 Å². The fourth-order valence-electron chi connectivity index (χ4n) is 5.64. The highest BCUT2D eigenvalue weighted by Gasteiger charge is 2.26. The number of nitrogens with zero attached hydrogens (tertiary/aromatic N) is 4. The van der Waals surface area contributed by atoms with Crippen molar-refractivity contribution < 1.29 is 17.7 Å². The summed E-state index contributed by atoms with van der Waals surface area (Å²) in [5, 5.41) is 10.0. The van der Waals surface area contributed by atoms with E-state index in [0.29, 0.717) is 36.6 Å². The van der Waals surface area contributed by atoms with Crippen LogP contribution in [-0.2, 0) is 27.9 Å². The molecule has 0 fully saturated rings. The van der Waals surface area contributed by atoms with E-state index >= 15 is 0 Å². The third-order valence-corrected chi connectivity index (χ3v) is 11.0. The predicted molar refractivity (Wildman–Crippen MR) is 183 cm³/mol. The number of fused-ring (bicyclic) bond motifs is 1. The number of nitrogens with one attached hydrogen (secondary N) is 1. The smallest absolute Gasteiger partial charge is 0.273 e. The van der Waals surface area contributed by atoms with E-state index in [9.17, 15) is 8.42 Å². The Balaban J connectivity index is 1.42. The summed E-state index contributed by atoms with van der Waals surface area (Å²) < 4.78 is 43.3. The van der Waals surface area contributed by atoms with E-state index in [1.54, 1.807) is 13.8 Å². The van der Waals surface area contributed by atoms with Crippen molar-refractivity contribution in [3.63, 3.8) is 0 Å². The maximum absolute atomic E-state index is 13.7. The van der Waals surface area contributed by atoms with E-state index in [-0.39, 0.29) is 10.0 Å². The third-order valence-electron chi connectivity index (χ3n) is 8.08. The Kier molecular flexibility index (Phi) is 8.58. The Hall–Kier alpha value is -4.32. The summed E-state index contributed by atoms with van der Waals surface area (Å²) in [4.78, 5) is 5.62. The molecular weight excluding hydrogens is 619 g/mol. The van der Waals surface area contributed by atoms with Gasteiger partial charge in [0.1, 0.15) is 15.7 Å². The van der Waals surface area contributed by atoms with Crippen LogP contribution in [0.2, 0.25) is 0 Å². The summed E-state index contributed by atoms with van der Waals surface area (Å²) >= 11 is 1.22. The summed E-state index contributed by atoms with van der Waals surface area (Å²) in [6, 6.07) is 18.5. The number of hydrogen-bond acceptors (Lipinski definition) is 8. The maximum Gasteiger partial charge on any atom is 0.273 e. The Morgan fingerprint density at radius 2 is 1.72 bits per heavy atom. The molecule has 6 aromatic rings. The first-order chi connectivity index (χ1) is 21.9. The molecule has 238 valence electrons. The number of rotatable bonds is 10. The molecule has 4 heterocycles. The van der Waals surface area contributed by atoms with Gasteiger partial charge < -0.3 is 9.26 Å². The van der Waals surface area contributed by atoms with Gasteiger partial charge in [-0.2, -0.15) is 5.10 Å². The molecule has 46 heavy (non-hydrogen) atoms. The topological polar surface area (TPSA) is 112 Å². The molecule has 4 aromatic heterocycles.